The molecule has 1 saturated heterocycles. The molecule has 0 saturated carbocycles. The highest BCUT2D eigenvalue weighted by molar-refractivity contribution is 9.10. The minimum Gasteiger partial charge on any atom is -0.334 e. The third-order valence-electron chi connectivity index (χ3n) is 3.68. The van der Waals surface area contributed by atoms with Crippen LogP contribution in [0, 0.1) is 5.92 Å². The summed E-state index contributed by atoms with van der Waals surface area (Å²) in [6.07, 6.45) is 2.02. The van der Waals surface area contributed by atoms with E-state index in [2.05, 4.69) is 22.9 Å². The molecule has 0 bridgehead atoms. The van der Waals surface area contributed by atoms with Crippen molar-refractivity contribution in [2.45, 2.75) is 25.8 Å². The van der Waals surface area contributed by atoms with Crippen molar-refractivity contribution < 1.29 is 4.79 Å². The first kappa shape index (κ1) is 17.8. The van der Waals surface area contributed by atoms with Gasteiger partial charge < -0.3 is 10.6 Å². The SMILES string of the molecule is CC1CCN(C(=O)c2ccc(Cl)c(Br)c2)C(CN)C1.Cl. The van der Waals surface area contributed by atoms with E-state index in [1.165, 1.54) is 0 Å². The molecule has 6 heteroatoms. The highest BCUT2D eigenvalue weighted by Crippen LogP contribution is 2.27. The second kappa shape index (κ2) is 7.64. The van der Waals surface area contributed by atoms with E-state index >= 15 is 0 Å². The number of carbonyl (C=O) groups excluding carboxylic acids is 1. The summed E-state index contributed by atoms with van der Waals surface area (Å²) in [5, 5.41) is 0.610. The van der Waals surface area contributed by atoms with Crippen LogP contribution < -0.4 is 5.73 Å². The lowest BCUT2D eigenvalue weighted by atomic mass is 9.92. The van der Waals surface area contributed by atoms with E-state index in [0.29, 0.717) is 23.0 Å². The lowest BCUT2D eigenvalue weighted by molar-refractivity contribution is 0.0573. The Morgan fingerprint density at radius 1 is 1.55 bits per heavy atom. The Morgan fingerprint density at radius 3 is 2.85 bits per heavy atom. The Labute approximate surface area is 139 Å². The van der Waals surface area contributed by atoms with Crippen LogP contribution in [-0.2, 0) is 0 Å². The Kier molecular flexibility index (Phi) is 6.79. The number of hydrogen-bond acceptors (Lipinski definition) is 2. The summed E-state index contributed by atoms with van der Waals surface area (Å²) in [5.74, 6) is 0.675. The van der Waals surface area contributed by atoms with Crippen molar-refractivity contribution in [3.05, 3.63) is 33.3 Å². The molecule has 0 aliphatic carbocycles. The van der Waals surface area contributed by atoms with E-state index in [1.54, 1.807) is 18.2 Å². The summed E-state index contributed by atoms with van der Waals surface area (Å²) < 4.78 is 0.745. The largest absolute Gasteiger partial charge is 0.334 e. The van der Waals surface area contributed by atoms with Crippen molar-refractivity contribution in [1.29, 1.82) is 0 Å². The average molecular weight is 382 g/mol. The predicted molar refractivity (Wildman–Crippen MR) is 88.7 cm³/mol. The Balaban J connectivity index is 0.00000200. The number of carbonyl (C=O) groups is 1. The quantitative estimate of drug-likeness (QED) is 0.848. The first-order valence-corrected chi connectivity index (χ1v) is 7.66. The zero-order valence-corrected chi connectivity index (χ0v) is 14.5. The normalized spacial score (nSPS) is 22.3. The summed E-state index contributed by atoms with van der Waals surface area (Å²) in [5.41, 5.74) is 6.46. The molecular formula is C14H19BrCl2N2O. The number of benzene rings is 1. The van der Waals surface area contributed by atoms with Gasteiger partial charge in [0, 0.05) is 29.2 Å². The van der Waals surface area contributed by atoms with Gasteiger partial charge in [-0.05, 0) is 52.9 Å². The fourth-order valence-electron chi connectivity index (χ4n) is 2.54. The molecule has 1 amide bonds. The molecule has 2 rings (SSSR count). The number of nitrogens with two attached hydrogens (primary N) is 1. The maximum atomic E-state index is 12.5. The minimum absolute atomic E-state index is 0. The number of amides is 1. The smallest absolute Gasteiger partial charge is 0.254 e. The molecule has 0 radical (unpaired) electrons. The van der Waals surface area contributed by atoms with Gasteiger partial charge in [0.25, 0.3) is 5.91 Å². The van der Waals surface area contributed by atoms with Crippen molar-refractivity contribution in [2.75, 3.05) is 13.1 Å². The summed E-state index contributed by atoms with van der Waals surface area (Å²) in [7, 11) is 0. The Hall–Kier alpha value is -0.290. The molecule has 1 aliphatic rings. The molecule has 2 atom stereocenters. The van der Waals surface area contributed by atoms with Crippen molar-refractivity contribution in [3.8, 4) is 0 Å². The predicted octanol–water partition coefficient (Wildman–Crippen LogP) is 3.72. The van der Waals surface area contributed by atoms with Crippen molar-refractivity contribution in [3.63, 3.8) is 0 Å². The van der Waals surface area contributed by atoms with Crippen molar-refractivity contribution in [1.82, 2.24) is 4.90 Å². The zero-order valence-electron chi connectivity index (χ0n) is 11.3. The lowest BCUT2D eigenvalue weighted by Crippen LogP contribution is -2.49. The zero-order chi connectivity index (χ0) is 14.0. The molecule has 20 heavy (non-hydrogen) atoms. The number of nitrogens with zero attached hydrogens (tertiary/aromatic N) is 1. The van der Waals surface area contributed by atoms with Gasteiger partial charge in [0.15, 0.2) is 0 Å². The van der Waals surface area contributed by atoms with E-state index < -0.39 is 0 Å². The molecule has 1 heterocycles. The van der Waals surface area contributed by atoms with Gasteiger partial charge in [-0.3, -0.25) is 4.79 Å². The Morgan fingerprint density at radius 2 is 2.25 bits per heavy atom. The molecule has 0 aromatic heterocycles. The van der Waals surface area contributed by atoms with E-state index in [0.717, 1.165) is 23.9 Å². The van der Waals surface area contributed by atoms with Crippen LogP contribution in [-0.4, -0.2) is 29.9 Å². The summed E-state index contributed by atoms with van der Waals surface area (Å²) in [4.78, 5) is 14.4. The average Bonchev–Trinajstić information content (AvgIpc) is 2.41. The Bertz CT molecular complexity index is 484. The van der Waals surface area contributed by atoms with Crippen LogP contribution in [0.4, 0.5) is 0 Å². The van der Waals surface area contributed by atoms with E-state index in [9.17, 15) is 4.79 Å². The van der Waals surface area contributed by atoms with Gasteiger partial charge in [-0.2, -0.15) is 0 Å². The molecule has 2 unspecified atom stereocenters. The highest BCUT2D eigenvalue weighted by atomic mass is 79.9. The van der Waals surface area contributed by atoms with Crippen LogP contribution in [0.5, 0.6) is 0 Å². The van der Waals surface area contributed by atoms with Gasteiger partial charge in [-0.25, -0.2) is 0 Å². The van der Waals surface area contributed by atoms with Gasteiger partial charge in [-0.15, -0.1) is 12.4 Å². The molecule has 0 spiro atoms. The topological polar surface area (TPSA) is 46.3 Å². The molecule has 1 aromatic rings. The second-order valence-electron chi connectivity index (χ2n) is 5.15. The van der Waals surface area contributed by atoms with Gasteiger partial charge >= 0.3 is 0 Å². The first-order valence-electron chi connectivity index (χ1n) is 6.49. The van der Waals surface area contributed by atoms with Crippen LogP contribution >= 0.6 is 39.9 Å². The van der Waals surface area contributed by atoms with Crippen LogP contribution in [0.15, 0.2) is 22.7 Å². The molecule has 3 nitrogen and oxygen atoms in total. The third kappa shape index (κ3) is 3.88. The molecule has 2 N–H and O–H groups in total. The molecule has 1 aliphatic heterocycles. The van der Waals surface area contributed by atoms with Gasteiger partial charge in [0.2, 0.25) is 0 Å². The van der Waals surface area contributed by atoms with Crippen LogP contribution in [0.3, 0.4) is 0 Å². The van der Waals surface area contributed by atoms with Gasteiger partial charge in [0.1, 0.15) is 0 Å². The maximum absolute atomic E-state index is 12.5. The van der Waals surface area contributed by atoms with Gasteiger partial charge in [0.05, 0.1) is 5.02 Å². The molecule has 1 aromatic carbocycles. The van der Waals surface area contributed by atoms with E-state index in [4.69, 9.17) is 17.3 Å². The first-order chi connectivity index (χ1) is 9.02. The second-order valence-corrected chi connectivity index (χ2v) is 6.41. The number of rotatable bonds is 2. The highest BCUT2D eigenvalue weighted by Gasteiger charge is 2.29. The minimum atomic E-state index is 0. The standard InChI is InChI=1S/C14H18BrClN2O.ClH/c1-9-4-5-18(11(6-9)8-17)14(19)10-2-3-13(16)12(15)7-10;/h2-3,7,9,11H,4-6,8,17H2,1H3;1H. The fourth-order valence-corrected chi connectivity index (χ4v) is 3.03. The summed E-state index contributed by atoms with van der Waals surface area (Å²) in [6, 6.07) is 5.42. The van der Waals surface area contributed by atoms with Crippen LogP contribution in [0.25, 0.3) is 0 Å². The number of halogens is 3. The molecule has 1 fully saturated rings. The van der Waals surface area contributed by atoms with Crippen LogP contribution in [0.2, 0.25) is 5.02 Å². The number of piperidine rings is 1. The maximum Gasteiger partial charge on any atom is 0.254 e. The fraction of sp³-hybridized carbons (Fsp3) is 0.500. The monoisotopic (exact) mass is 380 g/mol. The van der Waals surface area contributed by atoms with E-state index in [-0.39, 0.29) is 24.4 Å². The number of hydrogen-bond donors (Lipinski definition) is 1. The molecular weight excluding hydrogens is 363 g/mol. The van der Waals surface area contributed by atoms with Crippen molar-refractivity contribution >= 4 is 45.8 Å². The number of likely N-dealkylation sites (tertiary alicyclic amines) is 1. The van der Waals surface area contributed by atoms with Crippen LogP contribution in [0.1, 0.15) is 30.1 Å². The summed E-state index contributed by atoms with van der Waals surface area (Å²) in [6.45, 7) is 3.51. The lowest BCUT2D eigenvalue weighted by Gasteiger charge is -2.38. The summed E-state index contributed by atoms with van der Waals surface area (Å²) >= 11 is 9.31. The van der Waals surface area contributed by atoms with Gasteiger partial charge in [-0.1, -0.05) is 18.5 Å². The van der Waals surface area contributed by atoms with E-state index in [1.807, 2.05) is 4.90 Å². The third-order valence-corrected chi connectivity index (χ3v) is 4.89. The molecule has 112 valence electrons. The van der Waals surface area contributed by atoms with Crippen molar-refractivity contribution in [2.24, 2.45) is 11.7 Å².